The number of carbonyl (C=O) groups is 1. The molecule has 0 bridgehead atoms. The third-order valence-corrected chi connectivity index (χ3v) is 4.41. The molecule has 0 saturated heterocycles. The summed E-state index contributed by atoms with van der Waals surface area (Å²) in [5.41, 5.74) is 3.63. The molecule has 3 aromatic rings. The highest BCUT2D eigenvalue weighted by Crippen LogP contribution is 2.46. The Morgan fingerprint density at radius 2 is 1.54 bits per heavy atom. The zero-order chi connectivity index (χ0) is 16.7. The number of rotatable bonds is 2. The number of anilines is 2. The molecule has 0 aromatic heterocycles. The van der Waals surface area contributed by atoms with Crippen LogP contribution in [0.2, 0.25) is 5.02 Å². The molecule has 1 heterocycles. The highest BCUT2D eigenvalue weighted by atomic mass is 35.5. The number of halogens is 1. The number of fused-ring (bicyclic) bond motifs is 1. The number of nitrogens with zero attached hydrogens (tertiary/aromatic N) is 1. The van der Waals surface area contributed by atoms with E-state index < -0.39 is 6.10 Å². The fraction of sp³-hybridized carbons (Fsp3) is 0.0500. The number of carbonyl (C=O) groups excluding carboxylic acids is 1. The van der Waals surface area contributed by atoms with Crippen LogP contribution in [0.4, 0.5) is 11.4 Å². The molecule has 3 aromatic carbocycles. The van der Waals surface area contributed by atoms with Crippen LogP contribution in [0.15, 0.2) is 72.8 Å². The van der Waals surface area contributed by atoms with Gasteiger partial charge in [-0.3, -0.25) is 9.69 Å². The second kappa shape index (κ2) is 5.78. The molecule has 0 spiro atoms. The van der Waals surface area contributed by atoms with E-state index in [0.29, 0.717) is 22.0 Å². The predicted octanol–water partition coefficient (Wildman–Crippen LogP) is 4.72. The van der Waals surface area contributed by atoms with Gasteiger partial charge in [0.1, 0.15) is 0 Å². The van der Waals surface area contributed by atoms with Gasteiger partial charge in [-0.2, -0.15) is 0 Å². The maximum atomic E-state index is 12.7. The molecule has 0 radical (unpaired) electrons. The van der Waals surface area contributed by atoms with Gasteiger partial charge in [0.15, 0.2) is 6.10 Å². The minimum absolute atomic E-state index is 0.365. The van der Waals surface area contributed by atoms with Gasteiger partial charge >= 0.3 is 0 Å². The van der Waals surface area contributed by atoms with E-state index in [4.69, 9.17) is 11.6 Å². The topological polar surface area (TPSA) is 40.5 Å². The largest absolute Gasteiger partial charge is 0.378 e. The van der Waals surface area contributed by atoms with Gasteiger partial charge in [0.05, 0.1) is 5.69 Å². The zero-order valence-electron chi connectivity index (χ0n) is 12.7. The molecule has 24 heavy (non-hydrogen) atoms. The molecule has 3 nitrogen and oxygen atoms in total. The summed E-state index contributed by atoms with van der Waals surface area (Å²) in [6, 6.07) is 22.4. The predicted molar refractivity (Wildman–Crippen MR) is 95.4 cm³/mol. The van der Waals surface area contributed by atoms with Gasteiger partial charge < -0.3 is 5.11 Å². The normalized spacial score (nSPS) is 16.3. The summed E-state index contributed by atoms with van der Waals surface area (Å²) < 4.78 is 0. The van der Waals surface area contributed by atoms with Gasteiger partial charge in [-0.25, -0.2) is 0 Å². The first kappa shape index (κ1) is 14.9. The van der Waals surface area contributed by atoms with E-state index >= 15 is 0 Å². The number of hydrogen-bond donors (Lipinski definition) is 1. The van der Waals surface area contributed by atoms with Gasteiger partial charge in [0.2, 0.25) is 0 Å². The molecule has 1 unspecified atom stereocenters. The molecule has 0 aliphatic carbocycles. The van der Waals surface area contributed by atoms with Crippen molar-refractivity contribution in [1.82, 2.24) is 0 Å². The molecule has 1 aliphatic heterocycles. The van der Waals surface area contributed by atoms with Gasteiger partial charge in [-0.05, 0) is 35.4 Å². The SMILES string of the molecule is O=C1C(O)c2c(-c3ccccc3)cc(Cl)cc2N1c1ccccc1. The highest BCUT2D eigenvalue weighted by molar-refractivity contribution is 6.31. The maximum absolute atomic E-state index is 12.7. The average Bonchev–Trinajstić information content (AvgIpc) is 2.86. The van der Waals surface area contributed by atoms with Crippen molar-refractivity contribution in [2.24, 2.45) is 0 Å². The van der Waals surface area contributed by atoms with Crippen LogP contribution in [0.25, 0.3) is 11.1 Å². The molecule has 118 valence electrons. The number of aliphatic hydroxyl groups excluding tert-OH is 1. The lowest BCUT2D eigenvalue weighted by Crippen LogP contribution is -2.23. The minimum atomic E-state index is -1.20. The van der Waals surface area contributed by atoms with Crippen LogP contribution >= 0.6 is 11.6 Å². The van der Waals surface area contributed by atoms with Crippen LogP contribution in [0.3, 0.4) is 0 Å². The molecule has 0 fully saturated rings. The first-order chi connectivity index (χ1) is 11.7. The number of benzene rings is 3. The second-order valence-corrected chi connectivity index (χ2v) is 6.10. The molecular weight excluding hydrogens is 322 g/mol. The third-order valence-electron chi connectivity index (χ3n) is 4.19. The fourth-order valence-electron chi connectivity index (χ4n) is 3.14. The quantitative estimate of drug-likeness (QED) is 0.736. The highest BCUT2D eigenvalue weighted by Gasteiger charge is 2.39. The Balaban J connectivity index is 1.96. The van der Waals surface area contributed by atoms with Crippen LogP contribution in [-0.4, -0.2) is 11.0 Å². The number of amides is 1. The molecule has 1 N–H and O–H groups in total. The van der Waals surface area contributed by atoms with E-state index in [0.717, 1.165) is 11.1 Å². The summed E-state index contributed by atoms with van der Waals surface area (Å²) in [5, 5.41) is 11.1. The lowest BCUT2D eigenvalue weighted by Gasteiger charge is -2.18. The van der Waals surface area contributed by atoms with Crippen LogP contribution in [0.5, 0.6) is 0 Å². The zero-order valence-corrected chi connectivity index (χ0v) is 13.4. The van der Waals surface area contributed by atoms with Crippen molar-refractivity contribution < 1.29 is 9.90 Å². The summed E-state index contributed by atoms with van der Waals surface area (Å²) in [7, 11) is 0. The second-order valence-electron chi connectivity index (χ2n) is 5.66. The van der Waals surface area contributed by atoms with E-state index in [1.807, 2.05) is 60.7 Å². The van der Waals surface area contributed by atoms with Crippen LogP contribution in [-0.2, 0) is 4.79 Å². The molecule has 4 rings (SSSR count). The Bertz CT molecular complexity index is 910. The van der Waals surface area contributed by atoms with E-state index in [2.05, 4.69) is 0 Å². The van der Waals surface area contributed by atoms with Crippen molar-refractivity contribution in [3.63, 3.8) is 0 Å². The molecule has 1 aliphatic rings. The first-order valence-electron chi connectivity index (χ1n) is 7.63. The van der Waals surface area contributed by atoms with Crippen molar-refractivity contribution in [1.29, 1.82) is 0 Å². The molecule has 1 atom stereocenters. The van der Waals surface area contributed by atoms with E-state index in [9.17, 15) is 9.90 Å². The molecule has 1 amide bonds. The van der Waals surface area contributed by atoms with E-state index in [-0.39, 0.29) is 5.91 Å². The maximum Gasteiger partial charge on any atom is 0.265 e. The Morgan fingerprint density at radius 1 is 0.917 bits per heavy atom. The van der Waals surface area contributed by atoms with Gasteiger partial charge in [-0.15, -0.1) is 0 Å². The summed E-state index contributed by atoms with van der Waals surface area (Å²) >= 11 is 6.31. The van der Waals surface area contributed by atoms with Crippen molar-refractivity contribution in [3.05, 3.63) is 83.4 Å². The molecular formula is C20H14ClNO2. The lowest BCUT2D eigenvalue weighted by atomic mass is 9.96. The minimum Gasteiger partial charge on any atom is -0.378 e. The van der Waals surface area contributed by atoms with Crippen molar-refractivity contribution in [3.8, 4) is 11.1 Å². The summed E-state index contributed by atoms with van der Waals surface area (Å²) in [6.45, 7) is 0. The Hall–Kier alpha value is -2.62. The summed E-state index contributed by atoms with van der Waals surface area (Å²) in [5.74, 6) is -0.365. The third kappa shape index (κ3) is 2.30. The fourth-order valence-corrected chi connectivity index (χ4v) is 3.35. The Kier molecular flexibility index (Phi) is 3.60. The number of aliphatic hydroxyl groups is 1. The van der Waals surface area contributed by atoms with Crippen LogP contribution in [0.1, 0.15) is 11.7 Å². The van der Waals surface area contributed by atoms with Crippen LogP contribution in [0, 0.1) is 0 Å². The molecule has 0 saturated carbocycles. The Labute approximate surface area is 144 Å². The Morgan fingerprint density at radius 3 is 2.21 bits per heavy atom. The average molecular weight is 336 g/mol. The number of hydrogen-bond acceptors (Lipinski definition) is 2. The molecule has 4 heteroatoms. The van der Waals surface area contributed by atoms with E-state index in [1.54, 1.807) is 12.1 Å². The smallest absolute Gasteiger partial charge is 0.265 e. The van der Waals surface area contributed by atoms with Gasteiger partial charge in [0, 0.05) is 16.3 Å². The summed E-state index contributed by atoms with van der Waals surface area (Å²) in [4.78, 5) is 14.2. The monoisotopic (exact) mass is 335 g/mol. The van der Waals surface area contributed by atoms with E-state index in [1.165, 1.54) is 4.90 Å². The first-order valence-corrected chi connectivity index (χ1v) is 8.00. The standard InChI is InChI=1S/C20H14ClNO2/c21-14-11-16(13-7-3-1-4-8-13)18-17(12-14)22(20(24)19(18)23)15-9-5-2-6-10-15/h1-12,19,23H. The number of para-hydroxylation sites is 1. The van der Waals surface area contributed by atoms with Gasteiger partial charge in [0.25, 0.3) is 5.91 Å². The van der Waals surface area contributed by atoms with Crippen molar-refractivity contribution >= 4 is 28.9 Å². The summed E-state index contributed by atoms with van der Waals surface area (Å²) in [6.07, 6.45) is -1.20. The van der Waals surface area contributed by atoms with Crippen molar-refractivity contribution in [2.75, 3.05) is 4.90 Å². The van der Waals surface area contributed by atoms with Crippen LogP contribution < -0.4 is 4.90 Å². The van der Waals surface area contributed by atoms with Gasteiger partial charge in [-0.1, -0.05) is 60.1 Å². The van der Waals surface area contributed by atoms with Crippen molar-refractivity contribution in [2.45, 2.75) is 6.10 Å². The lowest BCUT2D eigenvalue weighted by molar-refractivity contribution is -0.125.